The van der Waals surface area contributed by atoms with E-state index in [9.17, 15) is 9.90 Å². The molecule has 3 heterocycles. The van der Waals surface area contributed by atoms with Crippen LogP contribution in [-0.4, -0.2) is 42.5 Å². The number of hydrogen-bond donors (Lipinski definition) is 3. The molecular weight excluding hydrogens is 318 g/mol. The van der Waals surface area contributed by atoms with Crippen LogP contribution in [0, 0.1) is 0 Å². The highest BCUT2D eigenvalue weighted by Gasteiger charge is 2.35. The van der Waals surface area contributed by atoms with Crippen LogP contribution < -0.4 is 0 Å². The van der Waals surface area contributed by atoms with Gasteiger partial charge in [0.15, 0.2) is 11.2 Å². The molecule has 2 aromatic heterocycles. The summed E-state index contributed by atoms with van der Waals surface area (Å²) in [6.45, 7) is 3.17. The summed E-state index contributed by atoms with van der Waals surface area (Å²) in [5, 5.41) is 10.0. The number of H-pyrrole nitrogens is 2. The molecule has 3 rings (SSSR count). The fourth-order valence-corrected chi connectivity index (χ4v) is 3.19. The van der Waals surface area contributed by atoms with Crippen molar-refractivity contribution in [2.75, 3.05) is 6.54 Å². The molecule has 3 N–H and O–H groups in total. The molecule has 2 aromatic rings. The first-order valence-corrected chi connectivity index (χ1v) is 8.20. The number of aromatic nitrogens is 4. The van der Waals surface area contributed by atoms with E-state index in [-0.39, 0.29) is 0 Å². The Balaban J connectivity index is 1.79. The van der Waals surface area contributed by atoms with E-state index in [2.05, 4.69) is 26.9 Å². The molecule has 124 valence electrons. The Kier molecular flexibility index (Phi) is 4.68. The molecule has 0 fully saturated rings. The molecule has 0 bridgehead atoms. The standard InChI is InChI=1S/C15H20ClN5O2/c1-2-3-4-11-19-10(14(16)20-11)7-21-6-5-9-12(18-8-17-9)13(21)15(22)23/h8,13H,2-7H2,1H3,(H,17,18)(H,19,20)(H,22,23). The Morgan fingerprint density at radius 3 is 3.13 bits per heavy atom. The molecule has 1 unspecified atom stereocenters. The van der Waals surface area contributed by atoms with Gasteiger partial charge in [0.05, 0.1) is 17.7 Å². The second-order valence-electron chi connectivity index (χ2n) is 5.78. The number of carboxylic acid groups (broad SMARTS) is 1. The Labute approximate surface area is 139 Å². The highest BCUT2D eigenvalue weighted by molar-refractivity contribution is 6.30. The summed E-state index contributed by atoms with van der Waals surface area (Å²) in [5.74, 6) is -0.0453. The molecule has 0 aliphatic carbocycles. The van der Waals surface area contributed by atoms with Crippen LogP contribution in [0.3, 0.4) is 0 Å². The third-order valence-electron chi connectivity index (χ3n) is 4.16. The molecule has 1 aliphatic rings. The highest BCUT2D eigenvalue weighted by atomic mass is 35.5. The van der Waals surface area contributed by atoms with Crippen LogP contribution in [0.2, 0.25) is 5.15 Å². The summed E-state index contributed by atoms with van der Waals surface area (Å²) in [5.41, 5.74) is 2.25. The lowest BCUT2D eigenvalue weighted by atomic mass is 10.0. The number of imidazole rings is 2. The van der Waals surface area contributed by atoms with Crippen LogP contribution in [0.4, 0.5) is 0 Å². The number of carbonyl (C=O) groups is 1. The van der Waals surface area contributed by atoms with Crippen LogP contribution in [0.25, 0.3) is 0 Å². The van der Waals surface area contributed by atoms with Gasteiger partial charge in [-0.2, -0.15) is 0 Å². The molecule has 0 saturated carbocycles. The van der Waals surface area contributed by atoms with Crippen molar-refractivity contribution in [3.8, 4) is 0 Å². The van der Waals surface area contributed by atoms with Crippen molar-refractivity contribution in [3.63, 3.8) is 0 Å². The minimum atomic E-state index is -0.903. The molecule has 8 heteroatoms. The van der Waals surface area contributed by atoms with Gasteiger partial charge in [0, 0.05) is 31.6 Å². The van der Waals surface area contributed by atoms with Crippen molar-refractivity contribution in [2.45, 2.75) is 45.2 Å². The fourth-order valence-electron chi connectivity index (χ4n) is 2.98. The maximum Gasteiger partial charge on any atom is 0.327 e. The van der Waals surface area contributed by atoms with Crippen molar-refractivity contribution in [1.82, 2.24) is 24.8 Å². The Morgan fingerprint density at radius 1 is 1.57 bits per heavy atom. The van der Waals surface area contributed by atoms with Crippen LogP contribution in [0.15, 0.2) is 6.33 Å². The van der Waals surface area contributed by atoms with Gasteiger partial charge >= 0.3 is 5.97 Å². The van der Waals surface area contributed by atoms with Gasteiger partial charge in [-0.25, -0.2) is 9.97 Å². The number of halogens is 1. The lowest BCUT2D eigenvalue weighted by molar-refractivity contribution is -0.144. The summed E-state index contributed by atoms with van der Waals surface area (Å²) in [6.07, 6.45) is 5.27. The largest absolute Gasteiger partial charge is 0.480 e. The lowest BCUT2D eigenvalue weighted by Crippen LogP contribution is -2.39. The molecule has 0 amide bonds. The average molecular weight is 338 g/mol. The van der Waals surface area contributed by atoms with Gasteiger partial charge in [0.1, 0.15) is 5.82 Å². The Hall–Kier alpha value is -1.86. The average Bonchev–Trinajstić information content (AvgIpc) is 3.11. The van der Waals surface area contributed by atoms with Crippen molar-refractivity contribution < 1.29 is 9.90 Å². The zero-order chi connectivity index (χ0) is 16.4. The molecule has 0 saturated heterocycles. The molecule has 0 aromatic carbocycles. The number of aromatic amines is 2. The quantitative estimate of drug-likeness (QED) is 0.751. The second kappa shape index (κ2) is 6.72. The van der Waals surface area contributed by atoms with Crippen LogP contribution >= 0.6 is 11.6 Å². The monoisotopic (exact) mass is 337 g/mol. The van der Waals surface area contributed by atoms with Gasteiger partial charge in [-0.1, -0.05) is 24.9 Å². The minimum Gasteiger partial charge on any atom is -0.480 e. The molecule has 1 aliphatic heterocycles. The summed E-state index contributed by atoms with van der Waals surface area (Å²) >= 11 is 6.21. The van der Waals surface area contributed by atoms with Gasteiger partial charge in [0.2, 0.25) is 0 Å². The first-order valence-electron chi connectivity index (χ1n) is 7.82. The maximum atomic E-state index is 11.7. The summed E-state index contributed by atoms with van der Waals surface area (Å²) < 4.78 is 0. The number of hydrogen-bond acceptors (Lipinski definition) is 4. The summed E-state index contributed by atoms with van der Waals surface area (Å²) in [6, 6.07) is -0.761. The van der Waals surface area contributed by atoms with Gasteiger partial charge in [-0.05, 0) is 6.42 Å². The topological polar surface area (TPSA) is 97.9 Å². The number of nitrogens with zero attached hydrogens (tertiary/aromatic N) is 3. The van der Waals surface area contributed by atoms with E-state index in [0.717, 1.165) is 42.9 Å². The molecule has 0 radical (unpaired) electrons. The SMILES string of the molecule is CCCCc1nc(Cl)c(CN2CCc3[nH]cnc3C2C(=O)O)[nH]1. The number of fused-ring (bicyclic) bond motifs is 1. The molecule has 1 atom stereocenters. The Bertz CT molecular complexity index is 696. The summed E-state index contributed by atoms with van der Waals surface area (Å²) in [4.78, 5) is 28.3. The molecule has 23 heavy (non-hydrogen) atoms. The number of carboxylic acids is 1. The molecular formula is C15H20ClN5O2. The van der Waals surface area contributed by atoms with E-state index in [1.165, 1.54) is 0 Å². The summed E-state index contributed by atoms with van der Waals surface area (Å²) in [7, 11) is 0. The van der Waals surface area contributed by atoms with E-state index < -0.39 is 12.0 Å². The van der Waals surface area contributed by atoms with E-state index in [1.54, 1.807) is 6.33 Å². The van der Waals surface area contributed by atoms with Crippen molar-refractivity contribution in [2.24, 2.45) is 0 Å². The van der Waals surface area contributed by atoms with Crippen molar-refractivity contribution in [3.05, 3.63) is 34.4 Å². The number of unbranched alkanes of at least 4 members (excludes halogenated alkanes) is 1. The normalized spacial score (nSPS) is 18.1. The van der Waals surface area contributed by atoms with Gasteiger partial charge in [0.25, 0.3) is 0 Å². The molecule has 7 nitrogen and oxygen atoms in total. The van der Waals surface area contributed by atoms with Crippen molar-refractivity contribution >= 4 is 17.6 Å². The minimum absolute atomic E-state index is 0.418. The van der Waals surface area contributed by atoms with E-state index in [0.29, 0.717) is 23.9 Å². The van der Waals surface area contributed by atoms with E-state index in [1.807, 2.05) is 4.90 Å². The smallest absolute Gasteiger partial charge is 0.327 e. The van der Waals surface area contributed by atoms with Crippen LogP contribution in [0.5, 0.6) is 0 Å². The first-order chi connectivity index (χ1) is 11.1. The second-order valence-corrected chi connectivity index (χ2v) is 6.14. The zero-order valence-corrected chi connectivity index (χ0v) is 13.7. The van der Waals surface area contributed by atoms with Gasteiger partial charge < -0.3 is 15.1 Å². The van der Waals surface area contributed by atoms with Gasteiger partial charge in [-0.15, -0.1) is 0 Å². The predicted octanol–water partition coefficient (Wildman–Crippen LogP) is 2.31. The van der Waals surface area contributed by atoms with Gasteiger partial charge in [-0.3, -0.25) is 9.69 Å². The van der Waals surface area contributed by atoms with Crippen LogP contribution in [-0.2, 0) is 24.2 Å². The third-order valence-corrected chi connectivity index (χ3v) is 4.48. The third kappa shape index (κ3) is 3.25. The van der Waals surface area contributed by atoms with Crippen LogP contribution in [0.1, 0.15) is 48.7 Å². The fraction of sp³-hybridized carbons (Fsp3) is 0.533. The number of aryl methyl sites for hydroxylation is 1. The molecule has 0 spiro atoms. The first kappa shape index (κ1) is 16.0. The zero-order valence-electron chi connectivity index (χ0n) is 13.0. The number of nitrogens with one attached hydrogen (secondary N) is 2. The highest BCUT2D eigenvalue weighted by Crippen LogP contribution is 2.30. The van der Waals surface area contributed by atoms with E-state index in [4.69, 9.17) is 11.6 Å². The Morgan fingerprint density at radius 2 is 2.39 bits per heavy atom. The maximum absolute atomic E-state index is 11.7. The predicted molar refractivity (Wildman–Crippen MR) is 85.3 cm³/mol. The van der Waals surface area contributed by atoms with E-state index >= 15 is 0 Å². The van der Waals surface area contributed by atoms with Crippen molar-refractivity contribution in [1.29, 1.82) is 0 Å². The number of rotatable bonds is 6. The lowest BCUT2D eigenvalue weighted by Gasteiger charge is -2.31. The number of aliphatic carboxylic acids is 1.